The van der Waals surface area contributed by atoms with E-state index in [0.717, 1.165) is 16.8 Å². The van der Waals surface area contributed by atoms with E-state index >= 15 is 0 Å². The van der Waals surface area contributed by atoms with Gasteiger partial charge in [0.05, 0.1) is 0 Å². The molecule has 19 heavy (non-hydrogen) atoms. The van der Waals surface area contributed by atoms with Crippen LogP contribution in [-0.2, 0) is 11.2 Å². The van der Waals surface area contributed by atoms with Gasteiger partial charge in [0, 0.05) is 11.9 Å². The van der Waals surface area contributed by atoms with Gasteiger partial charge >= 0.3 is 5.97 Å². The van der Waals surface area contributed by atoms with Crippen molar-refractivity contribution in [3.05, 3.63) is 59.2 Å². The van der Waals surface area contributed by atoms with E-state index < -0.39 is 11.9 Å². The fourth-order valence-electron chi connectivity index (χ4n) is 2.00. The number of aromatic nitrogens is 2. The normalized spacial score (nSPS) is 12.1. The average molecular weight is 256 g/mol. The van der Waals surface area contributed by atoms with Gasteiger partial charge in [0.25, 0.3) is 0 Å². The number of rotatable bonds is 4. The van der Waals surface area contributed by atoms with Crippen LogP contribution in [0.25, 0.3) is 0 Å². The summed E-state index contributed by atoms with van der Waals surface area (Å²) in [5, 5.41) is 9.37. The van der Waals surface area contributed by atoms with Gasteiger partial charge in [-0.25, -0.2) is 9.97 Å². The zero-order valence-corrected chi connectivity index (χ0v) is 11.0. The summed E-state index contributed by atoms with van der Waals surface area (Å²) in [6, 6.07) is 9.60. The molecule has 2 aromatic rings. The van der Waals surface area contributed by atoms with Crippen LogP contribution in [0.2, 0.25) is 0 Å². The van der Waals surface area contributed by atoms with Crippen molar-refractivity contribution >= 4 is 5.97 Å². The molecule has 0 fully saturated rings. The predicted molar refractivity (Wildman–Crippen MR) is 72.0 cm³/mol. The van der Waals surface area contributed by atoms with Crippen LogP contribution in [0.1, 0.15) is 28.6 Å². The molecule has 0 spiro atoms. The summed E-state index contributed by atoms with van der Waals surface area (Å²) < 4.78 is 0. The van der Waals surface area contributed by atoms with Gasteiger partial charge in [0.1, 0.15) is 11.7 Å². The number of carboxylic acid groups (broad SMARTS) is 1. The van der Waals surface area contributed by atoms with Crippen molar-refractivity contribution in [1.82, 2.24) is 9.97 Å². The van der Waals surface area contributed by atoms with E-state index in [-0.39, 0.29) is 0 Å². The molecular weight excluding hydrogens is 240 g/mol. The second-order valence-electron chi connectivity index (χ2n) is 4.64. The summed E-state index contributed by atoms with van der Waals surface area (Å²) in [6.45, 7) is 3.82. The van der Waals surface area contributed by atoms with Crippen LogP contribution >= 0.6 is 0 Å². The minimum Gasteiger partial charge on any atom is -0.481 e. The highest BCUT2D eigenvalue weighted by atomic mass is 16.4. The molecular formula is C15H16N2O2. The molecule has 1 atom stereocenters. The highest BCUT2D eigenvalue weighted by molar-refractivity contribution is 5.75. The number of aliphatic carboxylic acids is 1. The van der Waals surface area contributed by atoms with Gasteiger partial charge in [-0.15, -0.1) is 0 Å². The lowest BCUT2D eigenvalue weighted by atomic mass is 9.97. The van der Waals surface area contributed by atoms with Gasteiger partial charge in [-0.05, 0) is 31.9 Å². The Labute approximate surface area is 112 Å². The van der Waals surface area contributed by atoms with Crippen LogP contribution in [0, 0.1) is 13.8 Å². The molecule has 1 aromatic carbocycles. The minimum atomic E-state index is -0.896. The van der Waals surface area contributed by atoms with Crippen molar-refractivity contribution in [2.75, 3.05) is 0 Å². The van der Waals surface area contributed by atoms with Gasteiger partial charge in [-0.3, -0.25) is 4.79 Å². The molecule has 0 amide bonds. The zero-order chi connectivity index (χ0) is 13.8. The van der Waals surface area contributed by atoms with E-state index in [1.165, 1.54) is 0 Å². The van der Waals surface area contributed by atoms with Gasteiger partial charge in [0.2, 0.25) is 0 Å². The van der Waals surface area contributed by atoms with Crippen LogP contribution < -0.4 is 0 Å². The summed E-state index contributed by atoms with van der Waals surface area (Å²) in [4.78, 5) is 19.7. The quantitative estimate of drug-likeness (QED) is 0.913. The van der Waals surface area contributed by atoms with Crippen molar-refractivity contribution in [2.45, 2.75) is 26.2 Å². The first kappa shape index (κ1) is 13.2. The first-order valence-electron chi connectivity index (χ1n) is 6.14. The van der Waals surface area contributed by atoms with Crippen molar-refractivity contribution in [3.8, 4) is 0 Å². The molecule has 0 radical (unpaired) electrons. The summed E-state index contributed by atoms with van der Waals surface area (Å²) in [7, 11) is 0. The Kier molecular flexibility index (Phi) is 3.90. The number of carbonyl (C=O) groups is 1. The molecule has 0 aliphatic heterocycles. The third-order valence-electron chi connectivity index (χ3n) is 2.95. The topological polar surface area (TPSA) is 63.1 Å². The van der Waals surface area contributed by atoms with Gasteiger partial charge in [0.15, 0.2) is 0 Å². The van der Waals surface area contributed by atoms with Crippen molar-refractivity contribution < 1.29 is 9.90 Å². The number of hydrogen-bond acceptors (Lipinski definition) is 3. The predicted octanol–water partition coefficient (Wildman–Crippen LogP) is 2.50. The van der Waals surface area contributed by atoms with E-state index in [0.29, 0.717) is 12.2 Å². The Morgan fingerprint density at radius 2 is 2.11 bits per heavy atom. The van der Waals surface area contributed by atoms with Crippen molar-refractivity contribution in [1.29, 1.82) is 0 Å². The molecule has 1 unspecified atom stereocenters. The molecule has 1 heterocycles. The maximum atomic E-state index is 11.4. The first-order chi connectivity index (χ1) is 9.06. The maximum Gasteiger partial charge on any atom is 0.314 e. The second-order valence-corrected chi connectivity index (χ2v) is 4.64. The van der Waals surface area contributed by atoms with E-state index in [1.807, 2.05) is 38.1 Å². The van der Waals surface area contributed by atoms with E-state index in [1.54, 1.807) is 12.3 Å². The van der Waals surface area contributed by atoms with Gasteiger partial charge in [-0.1, -0.05) is 29.8 Å². The Balaban J connectivity index is 2.29. The van der Waals surface area contributed by atoms with Crippen molar-refractivity contribution in [2.24, 2.45) is 0 Å². The van der Waals surface area contributed by atoms with Crippen molar-refractivity contribution in [3.63, 3.8) is 0 Å². The van der Waals surface area contributed by atoms with E-state index in [4.69, 9.17) is 0 Å². The SMILES string of the molecule is Cc1cccc(CC(C(=O)O)c2nccc(C)n2)c1. The van der Waals surface area contributed by atoms with E-state index in [9.17, 15) is 9.90 Å². The van der Waals surface area contributed by atoms with Crippen LogP contribution in [0.5, 0.6) is 0 Å². The molecule has 2 rings (SSSR count). The molecule has 1 aromatic heterocycles. The summed E-state index contributed by atoms with van der Waals surface area (Å²) in [5.74, 6) is -1.23. The fraction of sp³-hybridized carbons (Fsp3) is 0.267. The maximum absolute atomic E-state index is 11.4. The second kappa shape index (κ2) is 5.61. The number of benzene rings is 1. The number of carboxylic acids is 1. The first-order valence-corrected chi connectivity index (χ1v) is 6.14. The number of aryl methyl sites for hydroxylation is 2. The van der Waals surface area contributed by atoms with E-state index in [2.05, 4.69) is 9.97 Å². The molecule has 98 valence electrons. The highest BCUT2D eigenvalue weighted by Crippen LogP contribution is 2.19. The average Bonchev–Trinajstić information content (AvgIpc) is 2.35. The summed E-state index contributed by atoms with van der Waals surface area (Å²) in [5.41, 5.74) is 2.88. The lowest BCUT2D eigenvalue weighted by molar-refractivity contribution is -0.139. The zero-order valence-electron chi connectivity index (χ0n) is 11.0. The molecule has 0 aliphatic rings. The molecule has 0 aliphatic carbocycles. The van der Waals surface area contributed by atoms with Crippen LogP contribution in [-0.4, -0.2) is 21.0 Å². The standard InChI is InChI=1S/C15H16N2O2/c1-10-4-3-5-12(8-10)9-13(15(18)19)14-16-7-6-11(2)17-14/h3-8,13H,9H2,1-2H3,(H,18,19). The Morgan fingerprint density at radius 3 is 2.74 bits per heavy atom. The van der Waals surface area contributed by atoms with Crippen LogP contribution in [0.3, 0.4) is 0 Å². The van der Waals surface area contributed by atoms with Gasteiger partial charge < -0.3 is 5.11 Å². The third-order valence-corrected chi connectivity index (χ3v) is 2.95. The molecule has 0 bridgehead atoms. The largest absolute Gasteiger partial charge is 0.481 e. The third kappa shape index (κ3) is 3.37. The molecule has 0 saturated heterocycles. The molecule has 4 nitrogen and oxygen atoms in total. The Morgan fingerprint density at radius 1 is 1.32 bits per heavy atom. The fourth-order valence-corrected chi connectivity index (χ4v) is 2.00. The Hall–Kier alpha value is -2.23. The Bertz CT molecular complexity index is 596. The lowest BCUT2D eigenvalue weighted by Crippen LogP contribution is -2.17. The minimum absolute atomic E-state index is 0.369. The highest BCUT2D eigenvalue weighted by Gasteiger charge is 2.23. The molecule has 4 heteroatoms. The molecule has 1 N–H and O–H groups in total. The van der Waals surface area contributed by atoms with Crippen LogP contribution in [0.15, 0.2) is 36.5 Å². The number of nitrogens with zero attached hydrogens (tertiary/aromatic N) is 2. The van der Waals surface area contributed by atoms with Crippen LogP contribution in [0.4, 0.5) is 0 Å². The summed E-state index contributed by atoms with van der Waals surface area (Å²) >= 11 is 0. The van der Waals surface area contributed by atoms with Gasteiger partial charge in [-0.2, -0.15) is 0 Å². The number of hydrogen-bond donors (Lipinski definition) is 1. The smallest absolute Gasteiger partial charge is 0.314 e. The lowest BCUT2D eigenvalue weighted by Gasteiger charge is -2.11. The summed E-state index contributed by atoms with van der Waals surface area (Å²) in [6.07, 6.45) is 2.00. The monoisotopic (exact) mass is 256 g/mol. The molecule has 0 saturated carbocycles.